The fourth-order valence-corrected chi connectivity index (χ4v) is 4.80. The van der Waals surface area contributed by atoms with Crippen LogP contribution in [0, 0.1) is 5.41 Å². The van der Waals surface area contributed by atoms with Crippen LogP contribution in [0.1, 0.15) is 19.4 Å². The maximum Gasteiger partial charge on any atom is 0.244 e. The third-order valence-electron chi connectivity index (χ3n) is 4.77. The van der Waals surface area contributed by atoms with E-state index >= 15 is 0 Å². The van der Waals surface area contributed by atoms with E-state index in [0.29, 0.717) is 5.75 Å². The van der Waals surface area contributed by atoms with Crippen LogP contribution >= 0.6 is 0 Å². The molecule has 1 amide bonds. The average molecular weight is 404 g/mol. The highest BCUT2D eigenvalue weighted by molar-refractivity contribution is 7.89. The SMILES string of the molecule is COc1ccc(S(=O)(=O)N2CN(Cc3ccc(O)cc3)C(=O)C(C)(C)C2)cc1. The number of hydrogen-bond acceptors (Lipinski definition) is 5. The summed E-state index contributed by atoms with van der Waals surface area (Å²) < 4.78 is 32.7. The van der Waals surface area contributed by atoms with Crippen molar-refractivity contribution in [1.82, 2.24) is 9.21 Å². The summed E-state index contributed by atoms with van der Waals surface area (Å²) in [6, 6.07) is 12.7. The molecule has 1 N–H and O–H groups in total. The molecule has 3 rings (SSSR count). The average Bonchev–Trinajstić information content (AvgIpc) is 2.67. The Morgan fingerprint density at radius 3 is 2.25 bits per heavy atom. The molecule has 1 aliphatic heterocycles. The third-order valence-corrected chi connectivity index (χ3v) is 6.57. The van der Waals surface area contributed by atoms with Crippen LogP contribution in [0.3, 0.4) is 0 Å². The Bertz CT molecular complexity index is 953. The van der Waals surface area contributed by atoms with E-state index in [9.17, 15) is 18.3 Å². The number of carbonyl (C=O) groups is 1. The highest BCUT2D eigenvalue weighted by atomic mass is 32.2. The van der Waals surface area contributed by atoms with Crippen LogP contribution in [-0.2, 0) is 21.4 Å². The number of nitrogens with zero attached hydrogens (tertiary/aromatic N) is 2. The van der Waals surface area contributed by atoms with E-state index in [0.717, 1.165) is 5.56 Å². The monoisotopic (exact) mass is 404 g/mol. The number of phenolic OH excluding ortho intramolecular Hbond substituents is 1. The van der Waals surface area contributed by atoms with Gasteiger partial charge in [-0.2, -0.15) is 4.31 Å². The fourth-order valence-electron chi connectivity index (χ4n) is 3.24. The molecule has 0 bridgehead atoms. The first-order chi connectivity index (χ1) is 13.1. The number of aromatic hydroxyl groups is 1. The molecule has 7 nitrogen and oxygen atoms in total. The van der Waals surface area contributed by atoms with Gasteiger partial charge in [0.1, 0.15) is 11.5 Å². The third kappa shape index (κ3) is 3.98. The molecule has 0 unspecified atom stereocenters. The van der Waals surface area contributed by atoms with Crippen LogP contribution in [0.15, 0.2) is 53.4 Å². The van der Waals surface area contributed by atoms with Crippen molar-refractivity contribution in [3.05, 3.63) is 54.1 Å². The summed E-state index contributed by atoms with van der Waals surface area (Å²) >= 11 is 0. The van der Waals surface area contributed by atoms with Gasteiger partial charge in [-0.05, 0) is 55.8 Å². The maximum absolute atomic E-state index is 13.1. The molecule has 1 fully saturated rings. The van der Waals surface area contributed by atoms with Gasteiger partial charge in [-0.15, -0.1) is 0 Å². The molecule has 1 heterocycles. The van der Waals surface area contributed by atoms with Gasteiger partial charge < -0.3 is 14.7 Å². The van der Waals surface area contributed by atoms with E-state index in [2.05, 4.69) is 0 Å². The molecule has 2 aromatic carbocycles. The van der Waals surface area contributed by atoms with Gasteiger partial charge in [-0.3, -0.25) is 4.79 Å². The van der Waals surface area contributed by atoms with E-state index < -0.39 is 15.4 Å². The number of amides is 1. The van der Waals surface area contributed by atoms with Crippen LogP contribution in [0.4, 0.5) is 0 Å². The summed E-state index contributed by atoms with van der Waals surface area (Å²) in [5, 5.41) is 9.43. The van der Waals surface area contributed by atoms with Crippen molar-refractivity contribution >= 4 is 15.9 Å². The second-order valence-electron chi connectivity index (χ2n) is 7.49. The zero-order valence-electron chi connectivity index (χ0n) is 16.1. The van der Waals surface area contributed by atoms with Gasteiger partial charge in [-0.1, -0.05) is 12.1 Å². The Morgan fingerprint density at radius 1 is 1.07 bits per heavy atom. The molecule has 0 aliphatic carbocycles. The lowest BCUT2D eigenvalue weighted by molar-refractivity contribution is -0.148. The van der Waals surface area contributed by atoms with Crippen molar-refractivity contribution in [1.29, 1.82) is 0 Å². The van der Waals surface area contributed by atoms with E-state index in [4.69, 9.17) is 4.74 Å². The molecular formula is C20H24N2O5S. The van der Waals surface area contributed by atoms with Crippen molar-refractivity contribution in [3.63, 3.8) is 0 Å². The number of carbonyl (C=O) groups excluding carboxylic acids is 1. The van der Waals surface area contributed by atoms with Gasteiger partial charge in [0, 0.05) is 13.1 Å². The lowest BCUT2D eigenvalue weighted by Crippen LogP contribution is -2.58. The highest BCUT2D eigenvalue weighted by Crippen LogP contribution is 2.31. The Labute approximate surface area is 165 Å². The Morgan fingerprint density at radius 2 is 1.68 bits per heavy atom. The molecule has 150 valence electrons. The normalized spacial score (nSPS) is 17.5. The predicted molar refractivity (Wildman–Crippen MR) is 104 cm³/mol. The summed E-state index contributed by atoms with van der Waals surface area (Å²) in [4.78, 5) is 14.5. The summed E-state index contributed by atoms with van der Waals surface area (Å²) in [6.07, 6.45) is 0. The zero-order valence-corrected chi connectivity index (χ0v) is 16.9. The molecule has 2 aromatic rings. The summed E-state index contributed by atoms with van der Waals surface area (Å²) in [5.74, 6) is 0.599. The van der Waals surface area contributed by atoms with Crippen LogP contribution in [-0.4, -0.2) is 49.0 Å². The van der Waals surface area contributed by atoms with Crippen LogP contribution in [0.5, 0.6) is 11.5 Å². The number of phenols is 1. The second-order valence-corrected chi connectivity index (χ2v) is 9.42. The maximum atomic E-state index is 13.1. The molecule has 28 heavy (non-hydrogen) atoms. The van der Waals surface area contributed by atoms with Gasteiger partial charge in [0.15, 0.2) is 0 Å². The quantitative estimate of drug-likeness (QED) is 0.827. The number of ether oxygens (including phenoxy) is 1. The van der Waals surface area contributed by atoms with Gasteiger partial charge in [-0.25, -0.2) is 8.42 Å². The Hall–Kier alpha value is -2.58. The first kappa shape index (κ1) is 20.2. The molecule has 1 aliphatic rings. The Kier molecular flexibility index (Phi) is 5.36. The molecule has 0 saturated carbocycles. The largest absolute Gasteiger partial charge is 0.508 e. The van der Waals surface area contributed by atoms with Crippen LogP contribution < -0.4 is 4.74 Å². The van der Waals surface area contributed by atoms with E-state index in [1.165, 1.54) is 28.4 Å². The predicted octanol–water partition coefficient (Wildman–Crippen LogP) is 2.42. The number of methoxy groups -OCH3 is 1. The lowest BCUT2D eigenvalue weighted by atomic mass is 9.90. The minimum Gasteiger partial charge on any atom is -0.508 e. The second kappa shape index (κ2) is 7.44. The van der Waals surface area contributed by atoms with Crippen molar-refractivity contribution < 1.29 is 23.1 Å². The first-order valence-electron chi connectivity index (χ1n) is 8.85. The lowest BCUT2D eigenvalue weighted by Gasteiger charge is -2.43. The topological polar surface area (TPSA) is 87.2 Å². The van der Waals surface area contributed by atoms with Crippen molar-refractivity contribution in [2.45, 2.75) is 25.3 Å². The number of sulfonamides is 1. The molecule has 1 saturated heterocycles. The number of benzene rings is 2. The van der Waals surface area contributed by atoms with Gasteiger partial charge in [0.25, 0.3) is 0 Å². The van der Waals surface area contributed by atoms with Gasteiger partial charge >= 0.3 is 0 Å². The van der Waals surface area contributed by atoms with Gasteiger partial charge in [0.05, 0.1) is 24.1 Å². The van der Waals surface area contributed by atoms with Gasteiger partial charge in [0.2, 0.25) is 15.9 Å². The standard InChI is InChI=1S/C20H24N2O5S/c1-20(2)13-22(28(25,26)18-10-8-17(27-3)9-11-18)14-21(19(20)24)12-15-4-6-16(23)7-5-15/h4-11,23H,12-14H2,1-3H3. The van der Waals surface area contributed by atoms with Crippen molar-refractivity contribution in [3.8, 4) is 11.5 Å². The smallest absolute Gasteiger partial charge is 0.244 e. The Balaban J connectivity index is 1.88. The number of hydrogen-bond donors (Lipinski definition) is 1. The van der Waals surface area contributed by atoms with Crippen molar-refractivity contribution in [2.24, 2.45) is 5.41 Å². The number of rotatable bonds is 5. The van der Waals surface area contributed by atoms with Crippen LogP contribution in [0.2, 0.25) is 0 Å². The van der Waals surface area contributed by atoms with E-state index in [-0.39, 0.29) is 36.3 Å². The van der Waals surface area contributed by atoms with E-state index in [1.54, 1.807) is 50.2 Å². The summed E-state index contributed by atoms with van der Waals surface area (Å²) in [7, 11) is -2.25. The summed E-state index contributed by atoms with van der Waals surface area (Å²) in [6.45, 7) is 3.82. The molecule has 0 radical (unpaired) electrons. The summed E-state index contributed by atoms with van der Waals surface area (Å²) in [5.41, 5.74) is -0.0417. The zero-order chi connectivity index (χ0) is 20.5. The molecule has 0 atom stereocenters. The molecule has 0 aromatic heterocycles. The van der Waals surface area contributed by atoms with E-state index in [1.807, 2.05) is 0 Å². The first-order valence-corrected chi connectivity index (χ1v) is 10.3. The fraction of sp³-hybridized carbons (Fsp3) is 0.350. The molecular weight excluding hydrogens is 380 g/mol. The minimum atomic E-state index is -3.77. The molecule has 0 spiro atoms. The molecule has 8 heteroatoms. The minimum absolute atomic E-state index is 0.0303. The highest BCUT2D eigenvalue weighted by Gasteiger charge is 2.43. The van der Waals surface area contributed by atoms with Crippen molar-refractivity contribution in [2.75, 3.05) is 20.3 Å². The van der Waals surface area contributed by atoms with Crippen LogP contribution in [0.25, 0.3) is 0 Å².